The molecule has 0 unspecified atom stereocenters. The number of hydrogen-bond acceptors (Lipinski definition) is 1. The number of rotatable bonds is 5. The van der Waals surface area contributed by atoms with Gasteiger partial charge in [-0.25, -0.2) is 0 Å². The van der Waals surface area contributed by atoms with E-state index >= 15 is 0 Å². The Balaban J connectivity index is 1.62. The molecule has 0 spiro atoms. The zero-order chi connectivity index (χ0) is 17.5. The van der Waals surface area contributed by atoms with Crippen molar-refractivity contribution in [2.45, 2.75) is 13.0 Å². The van der Waals surface area contributed by atoms with Gasteiger partial charge in [-0.15, -0.1) is 0 Å². The van der Waals surface area contributed by atoms with Gasteiger partial charge in [0.2, 0.25) is 5.91 Å². The number of nitrogens with one attached hydrogen (secondary N) is 1. The SMILES string of the molecule is C[C@H](NC(=O)/C=C/c1ccccc1)c1ccc(-c2ccccc2)cc1. The highest BCUT2D eigenvalue weighted by Crippen LogP contribution is 2.21. The van der Waals surface area contributed by atoms with Crippen molar-refractivity contribution in [3.05, 3.63) is 102 Å². The van der Waals surface area contributed by atoms with E-state index in [0.717, 1.165) is 11.1 Å². The minimum Gasteiger partial charge on any atom is -0.346 e. The van der Waals surface area contributed by atoms with Crippen molar-refractivity contribution in [2.24, 2.45) is 0 Å². The second-order valence-corrected chi connectivity index (χ2v) is 5.96. The highest BCUT2D eigenvalue weighted by atomic mass is 16.1. The molecule has 124 valence electrons. The summed E-state index contributed by atoms with van der Waals surface area (Å²) in [4.78, 5) is 12.1. The van der Waals surface area contributed by atoms with Crippen LogP contribution in [-0.4, -0.2) is 5.91 Å². The van der Waals surface area contributed by atoms with Gasteiger partial charge in [-0.05, 0) is 35.3 Å². The van der Waals surface area contributed by atoms with Crippen LogP contribution in [-0.2, 0) is 4.79 Å². The number of carbonyl (C=O) groups is 1. The van der Waals surface area contributed by atoms with Crippen LogP contribution in [0.25, 0.3) is 17.2 Å². The maximum absolute atomic E-state index is 12.1. The Morgan fingerprint density at radius 2 is 1.36 bits per heavy atom. The van der Waals surface area contributed by atoms with Crippen LogP contribution in [0.4, 0.5) is 0 Å². The maximum Gasteiger partial charge on any atom is 0.244 e. The Morgan fingerprint density at radius 1 is 0.800 bits per heavy atom. The molecule has 25 heavy (non-hydrogen) atoms. The lowest BCUT2D eigenvalue weighted by molar-refractivity contribution is -0.117. The van der Waals surface area contributed by atoms with Gasteiger partial charge in [0, 0.05) is 6.08 Å². The van der Waals surface area contributed by atoms with Crippen molar-refractivity contribution < 1.29 is 4.79 Å². The first-order valence-corrected chi connectivity index (χ1v) is 8.41. The van der Waals surface area contributed by atoms with Gasteiger partial charge in [0.15, 0.2) is 0 Å². The number of benzene rings is 3. The summed E-state index contributed by atoms with van der Waals surface area (Å²) in [7, 11) is 0. The highest BCUT2D eigenvalue weighted by Gasteiger charge is 2.07. The van der Waals surface area contributed by atoms with Crippen LogP contribution in [0.2, 0.25) is 0 Å². The molecule has 3 aromatic rings. The summed E-state index contributed by atoms with van der Waals surface area (Å²) in [6.45, 7) is 1.99. The molecule has 0 radical (unpaired) electrons. The van der Waals surface area contributed by atoms with E-state index in [-0.39, 0.29) is 11.9 Å². The van der Waals surface area contributed by atoms with E-state index in [2.05, 4.69) is 41.7 Å². The maximum atomic E-state index is 12.1. The Labute approximate surface area is 148 Å². The molecule has 1 atom stereocenters. The predicted molar refractivity (Wildman–Crippen MR) is 104 cm³/mol. The summed E-state index contributed by atoms with van der Waals surface area (Å²) in [5, 5.41) is 3.00. The predicted octanol–water partition coefficient (Wildman–Crippen LogP) is 5.24. The van der Waals surface area contributed by atoms with E-state index < -0.39 is 0 Å². The third-order valence-electron chi connectivity index (χ3n) is 4.10. The Bertz CT molecular complexity index is 836. The normalized spacial score (nSPS) is 12.0. The second kappa shape index (κ2) is 8.11. The molecule has 2 heteroatoms. The summed E-state index contributed by atoms with van der Waals surface area (Å²) in [6.07, 6.45) is 3.39. The Hall–Kier alpha value is -3.13. The monoisotopic (exact) mass is 327 g/mol. The first-order chi connectivity index (χ1) is 12.2. The lowest BCUT2D eigenvalue weighted by Crippen LogP contribution is -2.24. The molecule has 1 N–H and O–H groups in total. The quantitative estimate of drug-likeness (QED) is 0.638. The second-order valence-electron chi connectivity index (χ2n) is 5.96. The van der Waals surface area contributed by atoms with Crippen molar-refractivity contribution in [3.8, 4) is 11.1 Å². The molecular formula is C23H21NO. The van der Waals surface area contributed by atoms with E-state index in [4.69, 9.17) is 0 Å². The third-order valence-corrected chi connectivity index (χ3v) is 4.10. The average molecular weight is 327 g/mol. The van der Waals surface area contributed by atoms with E-state index in [0.29, 0.717) is 0 Å². The van der Waals surface area contributed by atoms with Gasteiger partial charge in [0.25, 0.3) is 0 Å². The van der Waals surface area contributed by atoms with Crippen molar-refractivity contribution in [1.82, 2.24) is 5.32 Å². The van der Waals surface area contributed by atoms with E-state index in [1.165, 1.54) is 11.1 Å². The molecule has 3 rings (SSSR count). The van der Waals surface area contributed by atoms with Crippen LogP contribution in [0.5, 0.6) is 0 Å². The standard InChI is InChI=1S/C23H21NO/c1-18(24-23(25)17-12-19-8-4-2-5-9-19)20-13-15-22(16-14-20)21-10-6-3-7-11-21/h2-18H,1H3,(H,24,25)/b17-12+/t18-/m0/s1. The summed E-state index contributed by atoms with van der Waals surface area (Å²) in [5.74, 6) is -0.0940. The number of amides is 1. The van der Waals surface area contributed by atoms with Crippen LogP contribution in [0.3, 0.4) is 0 Å². The van der Waals surface area contributed by atoms with Crippen molar-refractivity contribution in [1.29, 1.82) is 0 Å². The van der Waals surface area contributed by atoms with E-state index in [1.54, 1.807) is 6.08 Å². The molecule has 0 saturated heterocycles. The minimum absolute atomic E-state index is 0.0438. The molecule has 0 aliphatic carbocycles. The van der Waals surface area contributed by atoms with Gasteiger partial charge in [-0.3, -0.25) is 4.79 Å². The first-order valence-electron chi connectivity index (χ1n) is 8.41. The lowest BCUT2D eigenvalue weighted by atomic mass is 10.0. The average Bonchev–Trinajstić information content (AvgIpc) is 2.68. The summed E-state index contributed by atoms with van der Waals surface area (Å²) in [5.41, 5.74) is 4.46. The molecule has 0 bridgehead atoms. The molecule has 0 aliphatic rings. The molecule has 1 amide bonds. The van der Waals surface area contributed by atoms with Gasteiger partial charge in [0.05, 0.1) is 6.04 Å². The van der Waals surface area contributed by atoms with Gasteiger partial charge in [0.1, 0.15) is 0 Å². The topological polar surface area (TPSA) is 29.1 Å². The fourth-order valence-electron chi connectivity index (χ4n) is 2.68. The summed E-state index contributed by atoms with van der Waals surface area (Å²) in [6, 6.07) is 28.3. The zero-order valence-corrected chi connectivity index (χ0v) is 14.2. The minimum atomic E-state index is -0.0940. The lowest BCUT2D eigenvalue weighted by Gasteiger charge is -2.13. The van der Waals surface area contributed by atoms with Gasteiger partial charge in [-0.1, -0.05) is 84.9 Å². The van der Waals surface area contributed by atoms with Crippen LogP contribution in [0.1, 0.15) is 24.1 Å². The largest absolute Gasteiger partial charge is 0.346 e. The fraction of sp³-hybridized carbons (Fsp3) is 0.0870. The smallest absolute Gasteiger partial charge is 0.244 e. The first kappa shape index (κ1) is 16.7. The summed E-state index contributed by atoms with van der Waals surface area (Å²) < 4.78 is 0. The molecule has 0 fully saturated rings. The zero-order valence-electron chi connectivity index (χ0n) is 14.2. The van der Waals surface area contributed by atoms with Crippen LogP contribution in [0, 0.1) is 0 Å². The number of hydrogen-bond donors (Lipinski definition) is 1. The molecule has 0 saturated carbocycles. The Morgan fingerprint density at radius 3 is 2.00 bits per heavy atom. The molecule has 0 aromatic heterocycles. The Kier molecular flexibility index (Phi) is 5.43. The van der Waals surface area contributed by atoms with Crippen LogP contribution < -0.4 is 5.32 Å². The van der Waals surface area contributed by atoms with Gasteiger partial charge >= 0.3 is 0 Å². The van der Waals surface area contributed by atoms with E-state index in [9.17, 15) is 4.79 Å². The van der Waals surface area contributed by atoms with Crippen LogP contribution >= 0.6 is 0 Å². The van der Waals surface area contributed by atoms with Crippen molar-refractivity contribution in [3.63, 3.8) is 0 Å². The molecule has 2 nitrogen and oxygen atoms in total. The highest BCUT2D eigenvalue weighted by molar-refractivity contribution is 5.91. The van der Waals surface area contributed by atoms with E-state index in [1.807, 2.05) is 61.5 Å². The third kappa shape index (κ3) is 4.67. The van der Waals surface area contributed by atoms with Crippen molar-refractivity contribution in [2.75, 3.05) is 0 Å². The van der Waals surface area contributed by atoms with Crippen molar-refractivity contribution >= 4 is 12.0 Å². The molecular weight excluding hydrogens is 306 g/mol. The van der Waals surface area contributed by atoms with Gasteiger partial charge < -0.3 is 5.32 Å². The number of carbonyl (C=O) groups excluding carboxylic acids is 1. The van der Waals surface area contributed by atoms with Crippen LogP contribution in [0.15, 0.2) is 91.0 Å². The summed E-state index contributed by atoms with van der Waals surface area (Å²) >= 11 is 0. The van der Waals surface area contributed by atoms with Gasteiger partial charge in [-0.2, -0.15) is 0 Å². The fourth-order valence-corrected chi connectivity index (χ4v) is 2.68. The molecule has 0 aliphatic heterocycles. The molecule has 0 heterocycles. The molecule has 3 aromatic carbocycles.